The second-order valence-corrected chi connectivity index (χ2v) is 5.06. The lowest BCUT2D eigenvalue weighted by Gasteiger charge is -2.17. The van der Waals surface area contributed by atoms with Gasteiger partial charge >= 0.3 is 11.8 Å². The van der Waals surface area contributed by atoms with Crippen LogP contribution in [0, 0.1) is 0 Å². The summed E-state index contributed by atoms with van der Waals surface area (Å²) in [6.07, 6.45) is 1.84. The zero-order chi connectivity index (χ0) is 17.2. The molecule has 0 aromatic heterocycles. The van der Waals surface area contributed by atoms with Gasteiger partial charge in [0, 0.05) is 25.3 Å². The molecular formula is C17H26N2O4. The molecule has 0 radical (unpaired) electrons. The summed E-state index contributed by atoms with van der Waals surface area (Å²) in [5.74, 6) is -0.0572. The number of amides is 2. The van der Waals surface area contributed by atoms with E-state index in [0.717, 1.165) is 12.8 Å². The molecule has 0 bridgehead atoms. The first-order valence-electron chi connectivity index (χ1n) is 7.99. The van der Waals surface area contributed by atoms with Gasteiger partial charge in [0.1, 0.15) is 0 Å². The highest BCUT2D eigenvalue weighted by molar-refractivity contribution is 6.39. The first kappa shape index (κ1) is 18.8. The van der Waals surface area contributed by atoms with Gasteiger partial charge in [-0.2, -0.15) is 0 Å². The van der Waals surface area contributed by atoms with Crippen LogP contribution in [0.3, 0.4) is 0 Å². The smallest absolute Gasteiger partial charge is 0.313 e. The fourth-order valence-electron chi connectivity index (χ4n) is 1.98. The number of unbranched alkanes of at least 4 members (excludes halogenated alkanes) is 1. The predicted molar refractivity (Wildman–Crippen MR) is 90.0 cm³/mol. The van der Waals surface area contributed by atoms with Crippen LogP contribution < -0.4 is 14.8 Å². The number of benzene rings is 1. The standard InChI is InChI=1S/C17H26N2O4/c1-5-8-11-19(4)17(21)16(20)18-13-9-10-14(22-6-2)15(12-13)23-7-3/h9-10,12H,5-8,11H2,1-4H3,(H,18,20). The van der Waals surface area contributed by atoms with Crippen molar-refractivity contribution in [3.8, 4) is 11.5 Å². The molecule has 0 aliphatic rings. The van der Waals surface area contributed by atoms with E-state index < -0.39 is 11.8 Å². The van der Waals surface area contributed by atoms with Gasteiger partial charge in [0.15, 0.2) is 11.5 Å². The minimum absolute atomic E-state index is 0.482. The van der Waals surface area contributed by atoms with E-state index in [2.05, 4.69) is 5.32 Å². The molecule has 6 nitrogen and oxygen atoms in total. The van der Waals surface area contributed by atoms with E-state index in [-0.39, 0.29) is 0 Å². The minimum Gasteiger partial charge on any atom is -0.490 e. The molecule has 1 rings (SSSR count). The van der Waals surface area contributed by atoms with E-state index >= 15 is 0 Å². The van der Waals surface area contributed by atoms with Gasteiger partial charge in [0.25, 0.3) is 0 Å². The van der Waals surface area contributed by atoms with Crippen LogP contribution >= 0.6 is 0 Å². The van der Waals surface area contributed by atoms with Gasteiger partial charge in [-0.3, -0.25) is 9.59 Å². The number of rotatable bonds is 8. The van der Waals surface area contributed by atoms with Crippen molar-refractivity contribution in [2.45, 2.75) is 33.6 Å². The number of carbonyl (C=O) groups excluding carboxylic acids is 2. The molecule has 1 N–H and O–H groups in total. The largest absolute Gasteiger partial charge is 0.490 e. The summed E-state index contributed by atoms with van der Waals surface area (Å²) in [5.41, 5.74) is 0.499. The van der Waals surface area contributed by atoms with Crippen LogP contribution in [-0.2, 0) is 9.59 Å². The van der Waals surface area contributed by atoms with Crippen molar-refractivity contribution in [2.24, 2.45) is 0 Å². The van der Waals surface area contributed by atoms with E-state index in [1.165, 1.54) is 4.90 Å². The number of hydrogen-bond acceptors (Lipinski definition) is 4. The van der Waals surface area contributed by atoms with Crippen LogP contribution in [0.5, 0.6) is 11.5 Å². The monoisotopic (exact) mass is 322 g/mol. The van der Waals surface area contributed by atoms with Crippen molar-refractivity contribution in [2.75, 3.05) is 32.1 Å². The average molecular weight is 322 g/mol. The molecule has 0 saturated heterocycles. The highest BCUT2D eigenvalue weighted by Crippen LogP contribution is 2.30. The quantitative estimate of drug-likeness (QED) is 0.747. The van der Waals surface area contributed by atoms with Gasteiger partial charge in [0.05, 0.1) is 13.2 Å². The summed E-state index contributed by atoms with van der Waals surface area (Å²) < 4.78 is 11.0. The molecule has 23 heavy (non-hydrogen) atoms. The molecule has 0 aliphatic heterocycles. The van der Waals surface area contributed by atoms with Gasteiger partial charge in [-0.25, -0.2) is 0 Å². The summed E-state index contributed by atoms with van der Waals surface area (Å²) in [7, 11) is 1.63. The first-order chi connectivity index (χ1) is 11.0. The third kappa shape index (κ3) is 5.81. The Hall–Kier alpha value is -2.24. The molecule has 0 fully saturated rings. The summed E-state index contributed by atoms with van der Waals surface area (Å²) in [4.78, 5) is 25.4. The Bertz CT molecular complexity index is 531. The fourth-order valence-corrected chi connectivity index (χ4v) is 1.98. The van der Waals surface area contributed by atoms with Crippen LogP contribution in [0.1, 0.15) is 33.6 Å². The number of anilines is 1. The maximum atomic E-state index is 12.0. The lowest BCUT2D eigenvalue weighted by Crippen LogP contribution is -2.37. The molecule has 0 heterocycles. The number of hydrogen-bond donors (Lipinski definition) is 1. The lowest BCUT2D eigenvalue weighted by molar-refractivity contribution is -0.142. The maximum absolute atomic E-state index is 12.0. The molecule has 1 aromatic rings. The van der Waals surface area contributed by atoms with Crippen LogP contribution in [0.15, 0.2) is 18.2 Å². The summed E-state index contributed by atoms with van der Waals surface area (Å²) >= 11 is 0. The van der Waals surface area contributed by atoms with E-state index in [0.29, 0.717) is 36.9 Å². The van der Waals surface area contributed by atoms with Crippen LogP contribution in [0.4, 0.5) is 5.69 Å². The Morgan fingerprint density at radius 1 is 1.09 bits per heavy atom. The van der Waals surface area contributed by atoms with Gasteiger partial charge in [-0.15, -0.1) is 0 Å². The Morgan fingerprint density at radius 3 is 2.35 bits per heavy atom. The van der Waals surface area contributed by atoms with Crippen LogP contribution in [0.2, 0.25) is 0 Å². The van der Waals surface area contributed by atoms with Crippen molar-refractivity contribution < 1.29 is 19.1 Å². The number of ether oxygens (including phenoxy) is 2. The van der Waals surface area contributed by atoms with Gasteiger partial charge < -0.3 is 19.7 Å². The number of carbonyl (C=O) groups is 2. The van der Waals surface area contributed by atoms with E-state index in [4.69, 9.17) is 9.47 Å². The molecule has 0 aliphatic carbocycles. The minimum atomic E-state index is -0.657. The molecule has 1 aromatic carbocycles. The maximum Gasteiger partial charge on any atom is 0.313 e. The molecule has 6 heteroatoms. The number of likely N-dealkylation sites (N-methyl/N-ethyl adjacent to an activating group) is 1. The zero-order valence-corrected chi connectivity index (χ0v) is 14.3. The third-order valence-corrected chi connectivity index (χ3v) is 3.19. The fraction of sp³-hybridized carbons (Fsp3) is 0.529. The van der Waals surface area contributed by atoms with Crippen LogP contribution in [0.25, 0.3) is 0 Å². The Labute approximate surface area is 137 Å². The third-order valence-electron chi connectivity index (χ3n) is 3.19. The van der Waals surface area contributed by atoms with E-state index in [9.17, 15) is 9.59 Å². The summed E-state index contributed by atoms with van der Waals surface area (Å²) in [5, 5.41) is 2.60. The van der Waals surface area contributed by atoms with Crippen molar-refractivity contribution >= 4 is 17.5 Å². The Kier molecular flexibility index (Phi) is 7.94. The highest BCUT2D eigenvalue weighted by atomic mass is 16.5. The molecule has 0 saturated carbocycles. The molecule has 128 valence electrons. The molecule has 0 atom stereocenters. The molecule has 0 unspecified atom stereocenters. The normalized spacial score (nSPS) is 10.1. The zero-order valence-electron chi connectivity index (χ0n) is 14.3. The molecular weight excluding hydrogens is 296 g/mol. The van der Waals surface area contributed by atoms with Crippen molar-refractivity contribution in [3.05, 3.63) is 18.2 Å². The van der Waals surface area contributed by atoms with E-state index in [1.807, 2.05) is 20.8 Å². The Morgan fingerprint density at radius 2 is 1.74 bits per heavy atom. The number of nitrogens with one attached hydrogen (secondary N) is 1. The van der Waals surface area contributed by atoms with Crippen molar-refractivity contribution in [1.29, 1.82) is 0 Å². The average Bonchev–Trinajstić information content (AvgIpc) is 2.54. The summed E-state index contributed by atoms with van der Waals surface area (Å²) in [6, 6.07) is 5.06. The number of nitrogens with zero attached hydrogens (tertiary/aromatic N) is 1. The second-order valence-electron chi connectivity index (χ2n) is 5.06. The van der Waals surface area contributed by atoms with Crippen LogP contribution in [-0.4, -0.2) is 43.5 Å². The topological polar surface area (TPSA) is 67.9 Å². The van der Waals surface area contributed by atoms with Gasteiger partial charge in [-0.05, 0) is 32.4 Å². The molecule has 2 amide bonds. The SMILES string of the molecule is CCCCN(C)C(=O)C(=O)Nc1ccc(OCC)c(OCC)c1. The second kappa shape index (κ2) is 9.71. The first-order valence-corrected chi connectivity index (χ1v) is 7.99. The molecule has 0 spiro atoms. The summed E-state index contributed by atoms with van der Waals surface area (Å²) in [6.45, 7) is 7.36. The highest BCUT2D eigenvalue weighted by Gasteiger charge is 2.19. The van der Waals surface area contributed by atoms with E-state index in [1.54, 1.807) is 25.2 Å². The predicted octanol–water partition coefficient (Wildman–Crippen LogP) is 2.68. The Balaban J connectivity index is 2.77. The lowest BCUT2D eigenvalue weighted by atomic mass is 10.2. The van der Waals surface area contributed by atoms with Crippen molar-refractivity contribution in [3.63, 3.8) is 0 Å². The van der Waals surface area contributed by atoms with Crippen molar-refractivity contribution in [1.82, 2.24) is 4.90 Å². The van der Waals surface area contributed by atoms with Gasteiger partial charge in [-0.1, -0.05) is 13.3 Å². The van der Waals surface area contributed by atoms with Gasteiger partial charge in [0.2, 0.25) is 0 Å².